The number of carbonyl (C=O) groups is 2. The molecule has 0 spiro atoms. The molecule has 1 saturated heterocycles. The van der Waals surface area contributed by atoms with Crippen molar-refractivity contribution in [3.63, 3.8) is 0 Å². The molecule has 4 rings (SSSR count). The van der Waals surface area contributed by atoms with Crippen molar-refractivity contribution in [3.8, 4) is 5.75 Å². The summed E-state index contributed by atoms with van der Waals surface area (Å²) in [6, 6.07) is 20.2. The molecule has 3 aromatic rings. The summed E-state index contributed by atoms with van der Waals surface area (Å²) in [7, 11) is 0. The van der Waals surface area contributed by atoms with Crippen LogP contribution in [0.15, 0.2) is 78.4 Å². The van der Waals surface area contributed by atoms with Crippen LogP contribution in [0.4, 0.5) is 11.4 Å². The lowest BCUT2D eigenvalue weighted by Crippen LogP contribution is -2.35. The van der Waals surface area contributed by atoms with Crippen LogP contribution in [0.2, 0.25) is 5.02 Å². The van der Waals surface area contributed by atoms with Gasteiger partial charge in [0, 0.05) is 16.7 Å². The second-order valence-corrected chi connectivity index (χ2v) is 7.29. The largest absolute Gasteiger partial charge is 0.482 e. The van der Waals surface area contributed by atoms with E-state index in [2.05, 4.69) is 5.43 Å². The van der Waals surface area contributed by atoms with Crippen molar-refractivity contribution in [3.05, 3.63) is 105 Å². The first-order valence-electron chi connectivity index (χ1n) is 9.51. The molecule has 0 unspecified atom stereocenters. The number of anilines is 1. The summed E-state index contributed by atoms with van der Waals surface area (Å²) in [5.41, 5.74) is 3.34. The van der Waals surface area contributed by atoms with Crippen molar-refractivity contribution in [2.75, 3.05) is 5.01 Å². The maximum Gasteiger partial charge on any atom is 0.313 e. The molecule has 1 aliphatic rings. The van der Waals surface area contributed by atoms with Gasteiger partial charge in [0.25, 0.3) is 11.8 Å². The summed E-state index contributed by atoms with van der Waals surface area (Å²) in [6.07, 6.45) is 1.25. The fraction of sp³-hybridized carbons (Fsp3) is 0.0435. The lowest BCUT2D eigenvalue weighted by molar-refractivity contribution is -0.385. The lowest BCUT2D eigenvalue weighted by atomic mass is 10.1. The molecule has 2 amide bonds. The number of hydrazine groups is 1. The number of nitro groups is 1. The van der Waals surface area contributed by atoms with Gasteiger partial charge in [0.05, 0.1) is 10.6 Å². The number of hydrogen-bond acceptors (Lipinski definition) is 5. The number of ether oxygens (including phenoxy) is 1. The SMILES string of the molecule is O=C1NN(c2ccccc2)C(=O)C1=Cc1cc(Cl)cc([N+](=O)[O-])c1OCc1ccccc1. The van der Waals surface area contributed by atoms with Crippen LogP contribution in [0, 0.1) is 10.1 Å². The number of halogens is 1. The highest BCUT2D eigenvalue weighted by atomic mass is 35.5. The summed E-state index contributed by atoms with van der Waals surface area (Å²) in [6.45, 7) is 0.0514. The molecule has 0 aromatic heterocycles. The third-order valence-electron chi connectivity index (χ3n) is 4.69. The van der Waals surface area contributed by atoms with Gasteiger partial charge in [-0.1, -0.05) is 60.1 Å². The molecule has 8 nitrogen and oxygen atoms in total. The van der Waals surface area contributed by atoms with E-state index in [1.165, 1.54) is 12.1 Å². The minimum Gasteiger partial charge on any atom is -0.482 e. The Hall–Kier alpha value is -4.17. The molecule has 0 aliphatic carbocycles. The van der Waals surface area contributed by atoms with Crippen molar-refractivity contribution in [1.82, 2.24) is 5.43 Å². The van der Waals surface area contributed by atoms with Crippen molar-refractivity contribution in [2.24, 2.45) is 0 Å². The Morgan fingerprint density at radius 3 is 2.34 bits per heavy atom. The number of nitrogens with one attached hydrogen (secondary N) is 1. The van der Waals surface area contributed by atoms with Crippen LogP contribution in [0.5, 0.6) is 5.75 Å². The molecule has 1 N–H and O–H groups in total. The first-order valence-corrected chi connectivity index (χ1v) is 9.88. The molecular weight excluding hydrogens is 434 g/mol. The van der Waals surface area contributed by atoms with Gasteiger partial charge in [-0.2, -0.15) is 0 Å². The quantitative estimate of drug-likeness (QED) is 0.262. The van der Waals surface area contributed by atoms with E-state index in [0.29, 0.717) is 5.69 Å². The van der Waals surface area contributed by atoms with Crippen molar-refractivity contribution in [1.29, 1.82) is 0 Å². The summed E-state index contributed by atoms with van der Waals surface area (Å²) in [5, 5.41) is 12.8. The van der Waals surface area contributed by atoms with Crippen LogP contribution < -0.4 is 15.2 Å². The van der Waals surface area contributed by atoms with E-state index < -0.39 is 16.7 Å². The smallest absolute Gasteiger partial charge is 0.313 e. The van der Waals surface area contributed by atoms with Crippen LogP contribution in [0.3, 0.4) is 0 Å². The number of carbonyl (C=O) groups excluding carboxylic acids is 2. The van der Waals surface area contributed by atoms with E-state index in [1.54, 1.807) is 30.3 Å². The van der Waals surface area contributed by atoms with Gasteiger partial charge < -0.3 is 4.74 Å². The number of hydrogen-bond donors (Lipinski definition) is 1. The number of benzene rings is 3. The Balaban J connectivity index is 1.73. The highest BCUT2D eigenvalue weighted by molar-refractivity contribution is 6.32. The Morgan fingerprint density at radius 2 is 1.69 bits per heavy atom. The van der Waals surface area contributed by atoms with Crippen molar-refractivity contribution < 1.29 is 19.2 Å². The predicted molar refractivity (Wildman–Crippen MR) is 119 cm³/mol. The number of nitrogens with zero attached hydrogens (tertiary/aromatic N) is 2. The van der Waals surface area contributed by atoms with Crippen LogP contribution in [0.1, 0.15) is 11.1 Å². The summed E-state index contributed by atoms with van der Waals surface area (Å²) < 4.78 is 5.76. The highest BCUT2D eigenvalue weighted by Gasteiger charge is 2.35. The standard InChI is InChI=1S/C23H16ClN3O5/c24-17-11-16(12-19-22(28)25-26(23(19)29)18-9-5-2-6-10-18)21(20(13-17)27(30)31)32-14-15-7-3-1-4-8-15/h1-13H,14H2,(H,25,28). The van der Waals surface area contributed by atoms with Gasteiger partial charge in [0.15, 0.2) is 0 Å². The second kappa shape index (κ2) is 8.91. The minimum absolute atomic E-state index is 0.0514. The van der Waals surface area contributed by atoms with Crippen LogP contribution >= 0.6 is 11.6 Å². The minimum atomic E-state index is -0.643. The fourth-order valence-corrected chi connectivity index (χ4v) is 3.42. The van der Waals surface area contributed by atoms with E-state index in [9.17, 15) is 19.7 Å². The summed E-state index contributed by atoms with van der Waals surface area (Å²) in [5.74, 6) is -1.33. The number of amides is 2. The molecule has 3 aromatic carbocycles. The van der Waals surface area contributed by atoms with Crippen LogP contribution in [-0.4, -0.2) is 16.7 Å². The van der Waals surface area contributed by atoms with Gasteiger partial charge in [0.2, 0.25) is 5.75 Å². The highest BCUT2D eigenvalue weighted by Crippen LogP contribution is 2.37. The third kappa shape index (κ3) is 4.30. The average Bonchev–Trinajstić information content (AvgIpc) is 3.07. The normalized spacial score (nSPS) is 14.5. The maximum atomic E-state index is 12.9. The van der Waals surface area contributed by atoms with E-state index in [0.717, 1.165) is 16.6 Å². The lowest BCUT2D eigenvalue weighted by Gasteiger charge is -2.14. The van der Waals surface area contributed by atoms with Gasteiger partial charge in [-0.3, -0.25) is 25.1 Å². The molecule has 0 radical (unpaired) electrons. The first-order chi connectivity index (χ1) is 15.4. The maximum absolute atomic E-state index is 12.9. The van der Waals surface area contributed by atoms with Gasteiger partial charge in [-0.15, -0.1) is 0 Å². The molecule has 160 valence electrons. The predicted octanol–water partition coefficient (Wildman–Crippen LogP) is 4.29. The molecule has 0 bridgehead atoms. The van der Waals surface area contributed by atoms with Crippen LogP contribution in [-0.2, 0) is 16.2 Å². The third-order valence-corrected chi connectivity index (χ3v) is 4.91. The zero-order valence-corrected chi connectivity index (χ0v) is 17.3. The molecule has 1 fully saturated rings. The Labute approximate surface area is 187 Å². The van der Waals surface area contributed by atoms with E-state index in [1.807, 2.05) is 30.3 Å². The Morgan fingerprint density at radius 1 is 1.03 bits per heavy atom. The molecule has 0 atom stereocenters. The van der Waals surface area contributed by atoms with E-state index >= 15 is 0 Å². The molecule has 1 heterocycles. The molecular formula is C23H16ClN3O5. The number of rotatable bonds is 6. The molecule has 0 saturated carbocycles. The topological polar surface area (TPSA) is 102 Å². The first kappa shape index (κ1) is 21.1. The van der Waals surface area contributed by atoms with Gasteiger partial charge in [-0.05, 0) is 29.8 Å². The van der Waals surface area contributed by atoms with Crippen molar-refractivity contribution >= 4 is 40.9 Å². The molecule has 32 heavy (non-hydrogen) atoms. The van der Waals surface area contributed by atoms with E-state index in [4.69, 9.17) is 16.3 Å². The number of nitro benzene ring substituents is 1. The van der Waals surface area contributed by atoms with E-state index in [-0.39, 0.29) is 34.2 Å². The van der Waals surface area contributed by atoms with Gasteiger partial charge >= 0.3 is 5.69 Å². The molecule has 9 heteroatoms. The fourth-order valence-electron chi connectivity index (χ4n) is 3.20. The summed E-state index contributed by atoms with van der Waals surface area (Å²) in [4.78, 5) is 36.4. The monoisotopic (exact) mass is 449 g/mol. The zero-order chi connectivity index (χ0) is 22.7. The van der Waals surface area contributed by atoms with Crippen LogP contribution in [0.25, 0.3) is 6.08 Å². The Kier molecular flexibility index (Phi) is 5.87. The number of para-hydroxylation sites is 1. The Bertz CT molecular complexity index is 1230. The molecule has 1 aliphatic heterocycles. The zero-order valence-electron chi connectivity index (χ0n) is 16.5. The van der Waals surface area contributed by atoms with Crippen molar-refractivity contribution in [2.45, 2.75) is 6.61 Å². The van der Waals surface area contributed by atoms with Gasteiger partial charge in [-0.25, -0.2) is 5.01 Å². The second-order valence-electron chi connectivity index (χ2n) is 6.85. The average molecular weight is 450 g/mol. The van der Waals surface area contributed by atoms with Gasteiger partial charge in [0.1, 0.15) is 12.2 Å². The summed E-state index contributed by atoms with van der Waals surface area (Å²) >= 11 is 6.08.